The molecular formula is C6H3O7-3. The molecule has 0 bridgehead atoms. The molecule has 0 aromatic heterocycles. The minimum Gasteiger partial charge on any atom is -0.550 e. The van der Waals surface area contributed by atoms with Gasteiger partial charge < -0.3 is 29.7 Å². The molecule has 1 atom stereocenters. The molecule has 0 rings (SSSR count). The van der Waals surface area contributed by atoms with Crippen LogP contribution in [-0.2, 0) is 19.2 Å². The SMILES string of the molecule is O=C([O-])CC(C(=O)[O-])C(=O)C(=O)[O-]. The fourth-order valence-electron chi connectivity index (χ4n) is 0.592. The van der Waals surface area contributed by atoms with Gasteiger partial charge in [-0.3, -0.25) is 4.79 Å². The summed E-state index contributed by atoms with van der Waals surface area (Å²) in [5, 5.41) is 29.8. The summed E-state index contributed by atoms with van der Waals surface area (Å²) in [7, 11) is 0. The summed E-state index contributed by atoms with van der Waals surface area (Å²) in [6.45, 7) is 0. The van der Waals surface area contributed by atoms with E-state index in [4.69, 9.17) is 0 Å². The van der Waals surface area contributed by atoms with Gasteiger partial charge in [-0.25, -0.2) is 0 Å². The zero-order valence-corrected chi connectivity index (χ0v) is 6.14. The molecule has 0 saturated heterocycles. The smallest absolute Gasteiger partial charge is 0.187 e. The van der Waals surface area contributed by atoms with Crippen molar-refractivity contribution in [1.82, 2.24) is 0 Å². The predicted octanol–water partition coefficient (Wildman–Crippen LogP) is -5.19. The van der Waals surface area contributed by atoms with Gasteiger partial charge in [0.05, 0.1) is 11.9 Å². The molecule has 0 saturated carbocycles. The lowest BCUT2D eigenvalue weighted by atomic mass is 10.0. The number of aliphatic carboxylic acids is 3. The van der Waals surface area contributed by atoms with Crippen molar-refractivity contribution in [2.75, 3.05) is 0 Å². The van der Waals surface area contributed by atoms with Crippen LogP contribution in [-0.4, -0.2) is 23.7 Å². The standard InChI is InChI=1S/C6H6O7/c7-3(8)1-2(5(10)11)4(9)6(12)13/h2H,1H2,(H,7,8)(H,10,11)(H,12,13)/p-3. The molecule has 0 aliphatic rings. The molecule has 13 heavy (non-hydrogen) atoms. The second-order valence-electron chi connectivity index (χ2n) is 2.10. The summed E-state index contributed by atoms with van der Waals surface area (Å²) >= 11 is 0. The number of hydrogen-bond acceptors (Lipinski definition) is 7. The molecule has 0 heterocycles. The molecule has 0 amide bonds. The van der Waals surface area contributed by atoms with Crippen molar-refractivity contribution in [3.05, 3.63) is 0 Å². The molecule has 7 nitrogen and oxygen atoms in total. The van der Waals surface area contributed by atoms with Crippen molar-refractivity contribution in [1.29, 1.82) is 0 Å². The van der Waals surface area contributed by atoms with Crippen LogP contribution in [0.4, 0.5) is 0 Å². The van der Waals surface area contributed by atoms with Gasteiger partial charge in [-0.05, 0) is 0 Å². The van der Waals surface area contributed by atoms with Crippen LogP contribution < -0.4 is 15.3 Å². The number of Topliss-reactive ketones (excluding diaryl/α,β-unsaturated/α-hetero) is 1. The summed E-state index contributed by atoms with van der Waals surface area (Å²) in [6, 6.07) is 0. The number of carboxylic acids is 3. The highest BCUT2D eigenvalue weighted by atomic mass is 16.4. The third kappa shape index (κ3) is 3.32. The van der Waals surface area contributed by atoms with Gasteiger partial charge >= 0.3 is 0 Å². The highest BCUT2D eigenvalue weighted by molar-refractivity contribution is 6.36. The molecule has 7 heteroatoms. The molecule has 0 radical (unpaired) electrons. The maximum absolute atomic E-state index is 10.4. The van der Waals surface area contributed by atoms with Gasteiger partial charge in [-0.15, -0.1) is 0 Å². The van der Waals surface area contributed by atoms with Crippen molar-refractivity contribution < 1.29 is 34.5 Å². The number of carbonyl (C=O) groups excluding carboxylic acids is 4. The first-order chi connectivity index (χ1) is 5.86. The summed E-state index contributed by atoms with van der Waals surface area (Å²) in [6.07, 6.45) is -1.24. The Morgan fingerprint density at radius 2 is 1.46 bits per heavy atom. The first-order valence-corrected chi connectivity index (χ1v) is 3.02. The maximum atomic E-state index is 10.4. The Morgan fingerprint density at radius 3 is 1.69 bits per heavy atom. The van der Waals surface area contributed by atoms with Crippen LogP contribution in [0.15, 0.2) is 0 Å². The summed E-state index contributed by atoms with van der Waals surface area (Å²) in [5.41, 5.74) is 0. The van der Waals surface area contributed by atoms with Gasteiger partial charge in [0.2, 0.25) is 0 Å². The van der Waals surface area contributed by atoms with Crippen molar-refractivity contribution >= 4 is 23.7 Å². The van der Waals surface area contributed by atoms with E-state index in [9.17, 15) is 34.5 Å². The number of carboxylic acid groups (broad SMARTS) is 3. The summed E-state index contributed by atoms with van der Waals surface area (Å²) < 4.78 is 0. The van der Waals surface area contributed by atoms with Gasteiger partial charge in [-0.2, -0.15) is 0 Å². The average molecular weight is 187 g/mol. The van der Waals surface area contributed by atoms with E-state index in [0.717, 1.165) is 0 Å². The average Bonchev–Trinajstić information content (AvgIpc) is 1.97. The van der Waals surface area contributed by atoms with Crippen LogP contribution >= 0.6 is 0 Å². The lowest BCUT2D eigenvalue weighted by Gasteiger charge is -2.17. The van der Waals surface area contributed by atoms with E-state index in [1.54, 1.807) is 0 Å². The van der Waals surface area contributed by atoms with Gasteiger partial charge in [-0.1, -0.05) is 0 Å². The second-order valence-corrected chi connectivity index (χ2v) is 2.10. The Morgan fingerprint density at radius 1 is 1.00 bits per heavy atom. The third-order valence-electron chi connectivity index (χ3n) is 1.17. The van der Waals surface area contributed by atoms with Crippen molar-refractivity contribution in [2.24, 2.45) is 5.92 Å². The predicted molar refractivity (Wildman–Crippen MR) is 28.1 cm³/mol. The lowest BCUT2D eigenvalue weighted by Crippen LogP contribution is -2.46. The molecule has 72 valence electrons. The van der Waals surface area contributed by atoms with Crippen LogP contribution in [0.1, 0.15) is 6.42 Å². The second kappa shape index (κ2) is 4.19. The minimum absolute atomic E-state index is 1.24. The highest BCUT2D eigenvalue weighted by Crippen LogP contribution is 2.02. The molecule has 0 N–H and O–H groups in total. The van der Waals surface area contributed by atoms with E-state index in [1.807, 2.05) is 0 Å². The maximum Gasteiger partial charge on any atom is 0.187 e. The molecule has 0 aliphatic carbocycles. The Balaban J connectivity index is 4.61. The van der Waals surface area contributed by atoms with E-state index in [1.165, 1.54) is 0 Å². The fourth-order valence-corrected chi connectivity index (χ4v) is 0.592. The van der Waals surface area contributed by atoms with Crippen LogP contribution in [0, 0.1) is 5.92 Å². The Bertz CT molecular complexity index is 266. The first kappa shape index (κ1) is 11.1. The highest BCUT2D eigenvalue weighted by Gasteiger charge is 2.20. The van der Waals surface area contributed by atoms with E-state index < -0.39 is 36.0 Å². The van der Waals surface area contributed by atoms with Crippen LogP contribution in [0.25, 0.3) is 0 Å². The van der Waals surface area contributed by atoms with Crippen LogP contribution in [0.3, 0.4) is 0 Å². The first-order valence-electron chi connectivity index (χ1n) is 3.02. The van der Waals surface area contributed by atoms with Gasteiger partial charge in [0.25, 0.3) is 0 Å². The Hall–Kier alpha value is -1.92. The molecule has 1 unspecified atom stereocenters. The zero-order valence-electron chi connectivity index (χ0n) is 6.14. The number of carbonyl (C=O) groups is 4. The van der Waals surface area contributed by atoms with Gasteiger partial charge in [0.15, 0.2) is 5.78 Å². The minimum atomic E-state index is -2.27. The van der Waals surface area contributed by atoms with Crippen LogP contribution in [0.2, 0.25) is 0 Å². The van der Waals surface area contributed by atoms with Crippen molar-refractivity contribution in [3.63, 3.8) is 0 Å². The van der Waals surface area contributed by atoms with E-state index in [0.29, 0.717) is 0 Å². The monoisotopic (exact) mass is 187 g/mol. The van der Waals surface area contributed by atoms with E-state index in [-0.39, 0.29) is 0 Å². The third-order valence-corrected chi connectivity index (χ3v) is 1.17. The lowest BCUT2D eigenvalue weighted by molar-refractivity contribution is -0.321. The molecular weight excluding hydrogens is 184 g/mol. The molecule has 0 aliphatic heterocycles. The van der Waals surface area contributed by atoms with Gasteiger partial charge in [0, 0.05) is 12.4 Å². The summed E-state index contributed by atoms with van der Waals surface area (Å²) in [5.74, 6) is -10.3. The van der Waals surface area contributed by atoms with E-state index in [2.05, 4.69) is 0 Å². The topological polar surface area (TPSA) is 137 Å². The number of ketones is 1. The van der Waals surface area contributed by atoms with Crippen molar-refractivity contribution in [2.45, 2.75) is 6.42 Å². The quantitative estimate of drug-likeness (QED) is 0.309. The molecule has 0 aromatic carbocycles. The Labute approximate surface area is 71.6 Å². The largest absolute Gasteiger partial charge is 0.550 e. The molecule has 0 spiro atoms. The van der Waals surface area contributed by atoms with Gasteiger partial charge in [0.1, 0.15) is 5.97 Å². The van der Waals surface area contributed by atoms with Crippen molar-refractivity contribution in [3.8, 4) is 0 Å². The molecule has 0 aromatic rings. The van der Waals surface area contributed by atoms with Crippen LogP contribution in [0.5, 0.6) is 0 Å². The normalized spacial score (nSPS) is 11.7. The van der Waals surface area contributed by atoms with E-state index >= 15 is 0 Å². The zero-order chi connectivity index (χ0) is 10.6. The number of rotatable bonds is 5. The fraction of sp³-hybridized carbons (Fsp3) is 0.333. The summed E-state index contributed by atoms with van der Waals surface area (Å²) in [4.78, 5) is 40.2. The Kier molecular flexibility index (Phi) is 3.57. The molecule has 0 fully saturated rings. The number of hydrogen-bond donors (Lipinski definition) is 0.